The monoisotopic (exact) mass is 218 g/mol. The first-order valence-corrected chi connectivity index (χ1v) is 10.6. The summed E-state index contributed by atoms with van der Waals surface area (Å²) in [7, 11) is 8.02. The predicted molar refractivity (Wildman–Crippen MR) is 67.9 cm³/mol. The minimum Gasteiger partial charge on any atom is -0.297 e. The summed E-state index contributed by atoms with van der Waals surface area (Å²) in [6, 6.07) is 0. The van der Waals surface area contributed by atoms with Crippen LogP contribution in [0.15, 0.2) is 0 Å². The van der Waals surface area contributed by atoms with Crippen molar-refractivity contribution in [3.63, 3.8) is 0 Å². The lowest BCUT2D eigenvalue weighted by molar-refractivity contribution is 0.201. The summed E-state index contributed by atoms with van der Waals surface area (Å²) in [6.07, 6.45) is 0. The van der Waals surface area contributed by atoms with Gasteiger partial charge < -0.3 is 0 Å². The van der Waals surface area contributed by atoms with Crippen molar-refractivity contribution in [3.05, 3.63) is 0 Å². The number of nitrogens with zero attached hydrogens (tertiary/aromatic N) is 2. The van der Waals surface area contributed by atoms with E-state index in [9.17, 15) is 0 Å². The molecule has 0 aliphatic rings. The van der Waals surface area contributed by atoms with Crippen molar-refractivity contribution in [2.75, 3.05) is 28.2 Å². The Morgan fingerprint density at radius 1 is 1.00 bits per heavy atom. The second-order valence-corrected chi connectivity index (χ2v) is 13.9. The Kier molecular flexibility index (Phi) is 5.43. The average molecular weight is 218 g/mol. The van der Waals surface area contributed by atoms with Crippen LogP contribution in [-0.2, 0) is 0 Å². The molecule has 0 saturated heterocycles. The Bertz CT molecular complexity index is 133. The van der Waals surface area contributed by atoms with Crippen LogP contribution in [0.2, 0.25) is 25.3 Å². The van der Waals surface area contributed by atoms with Gasteiger partial charge in [0.25, 0.3) is 0 Å². The Balaban J connectivity index is 3.98. The summed E-state index contributed by atoms with van der Waals surface area (Å²) in [5.74, 6) is 0.742. The lowest BCUT2D eigenvalue weighted by atomic mass is 10.8. The fourth-order valence-corrected chi connectivity index (χ4v) is 7.07. The van der Waals surface area contributed by atoms with Gasteiger partial charge in [0.1, 0.15) is 0 Å². The third-order valence-electron chi connectivity index (χ3n) is 2.34. The Morgan fingerprint density at radius 2 is 1.38 bits per heavy atom. The van der Waals surface area contributed by atoms with Gasteiger partial charge in [-0.15, -0.1) is 0 Å². The molecule has 0 fully saturated rings. The van der Waals surface area contributed by atoms with Gasteiger partial charge in [-0.1, -0.05) is 25.3 Å². The zero-order chi connectivity index (χ0) is 10.6. The first-order valence-electron chi connectivity index (χ1n) is 5.07. The minimum atomic E-state index is -0.803. The van der Waals surface area contributed by atoms with Crippen LogP contribution >= 0.6 is 0 Å². The van der Waals surface area contributed by atoms with Crippen molar-refractivity contribution in [3.8, 4) is 0 Å². The summed E-state index contributed by atoms with van der Waals surface area (Å²) in [4.78, 5) is 4.73. The standard InChI is InChI=1S/C9H26N2Si2/c1-10(2)9(11(3)4)12-8-13(5,6)7/h9H,8,12H2,1-7H3. The topological polar surface area (TPSA) is 6.48 Å². The molecule has 13 heavy (non-hydrogen) atoms. The normalized spacial score (nSPS) is 14.3. The van der Waals surface area contributed by atoms with Crippen molar-refractivity contribution in [2.24, 2.45) is 0 Å². The molecule has 0 spiro atoms. The molecule has 0 unspecified atom stereocenters. The lowest BCUT2D eigenvalue weighted by Crippen LogP contribution is -2.46. The van der Waals surface area contributed by atoms with E-state index >= 15 is 0 Å². The fraction of sp³-hybridized carbons (Fsp3) is 1.00. The molecule has 0 radical (unpaired) electrons. The zero-order valence-corrected chi connectivity index (χ0v) is 12.8. The molecular formula is C9H26N2Si2. The van der Waals surface area contributed by atoms with Gasteiger partial charge in [0, 0.05) is 13.9 Å². The van der Waals surface area contributed by atoms with Gasteiger partial charge in [-0.05, 0) is 28.2 Å². The van der Waals surface area contributed by atoms with Crippen molar-refractivity contribution in [1.82, 2.24) is 9.80 Å². The number of hydrogen-bond acceptors (Lipinski definition) is 2. The first kappa shape index (κ1) is 13.4. The second-order valence-electron chi connectivity index (χ2n) is 5.51. The maximum absolute atomic E-state index is 2.47. The van der Waals surface area contributed by atoms with Crippen LogP contribution in [0, 0.1) is 0 Å². The van der Waals surface area contributed by atoms with E-state index in [2.05, 4.69) is 57.6 Å². The lowest BCUT2D eigenvalue weighted by Gasteiger charge is -2.32. The van der Waals surface area contributed by atoms with E-state index in [0.29, 0.717) is 0 Å². The van der Waals surface area contributed by atoms with Crippen LogP contribution in [0.5, 0.6) is 0 Å². The van der Waals surface area contributed by atoms with Gasteiger partial charge in [0.15, 0.2) is 0 Å². The maximum atomic E-state index is 2.47. The highest BCUT2D eigenvalue weighted by Crippen LogP contribution is 2.09. The van der Waals surface area contributed by atoms with E-state index < -0.39 is 8.07 Å². The van der Waals surface area contributed by atoms with E-state index in [0.717, 1.165) is 5.79 Å². The van der Waals surface area contributed by atoms with Crippen LogP contribution in [0.4, 0.5) is 0 Å². The highest BCUT2D eigenvalue weighted by molar-refractivity contribution is 6.83. The molecule has 0 N–H and O–H groups in total. The van der Waals surface area contributed by atoms with Gasteiger partial charge in [-0.3, -0.25) is 9.80 Å². The van der Waals surface area contributed by atoms with Crippen molar-refractivity contribution < 1.29 is 0 Å². The Labute approximate surface area is 87.1 Å². The highest BCUT2D eigenvalue weighted by atomic mass is 28.4. The zero-order valence-electron chi connectivity index (χ0n) is 10.4. The molecule has 2 nitrogen and oxygen atoms in total. The molecule has 80 valence electrons. The molecule has 4 heteroatoms. The van der Waals surface area contributed by atoms with E-state index in [1.807, 2.05) is 0 Å². The summed E-state index contributed by atoms with van der Waals surface area (Å²) in [6.45, 7) is 7.42. The summed E-state index contributed by atoms with van der Waals surface area (Å²) < 4.78 is 0. The number of hydrogen-bond donors (Lipinski definition) is 0. The van der Waals surface area contributed by atoms with Gasteiger partial charge in [-0.25, -0.2) is 0 Å². The largest absolute Gasteiger partial charge is 0.297 e. The summed E-state index contributed by atoms with van der Waals surface area (Å²) in [5, 5.41) is 0. The van der Waals surface area contributed by atoms with Gasteiger partial charge in [0.05, 0.1) is 9.52 Å². The molecule has 0 rings (SSSR count). The van der Waals surface area contributed by atoms with Crippen molar-refractivity contribution in [1.29, 1.82) is 0 Å². The van der Waals surface area contributed by atoms with Crippen LogP contribution < -0.4 is 0 Å². The quantitative estimate of drug-likeness (QED) is 0.499. The molecular weight excluding hydrogens is 192 g/mol. The van der Waals surface area contributed by atoms with Crippen molar-refractivity contribution >= 4 is 17.6 Å². The minimum absolute atomic E-state index is 0.0397. The van der Waals surface area contributed by atoms with Crippen molar-refractivity contribution in [2.45, 2.75) is 31.1 Å². The van der Waals surface area contributed by atoms with E-state index in [1.165, 1.54) is 0 Å². The molecule has 0 aromatic heterocycles. The predicted octanol–water partition coefficient (Wildman–Crippen LogP) is 0.858. The molecule has 0 amide bonds. The first-order chi connectivity index (χ1) is 5.74. The smallest absolute Gasteiger partial charge is 0.0565 e. The third kappa shape index (κ3) is 6.43. The van der Waals surface area contributed by atoms with Crippen LogP contribution in [0.1, 0.15) is 0 Å². The summed E-state index contributed by atoms with van der Waals surface area (Å²) in [5.41, 5.74) is 1.55. The number of rotatable bonds is 5. The fourth-order valence-electron chi connectivity index (χ4n) is 1.54. The highest BCUT2D eigenvalue weighted by Gasteiger charge is 2.19. The van der Waals surface area contributed by atoms with E-state index in [-0.39, 0.29) is 9.52 Å². The second kappa shape index (κ2) is 5.29. The molecule has 0 bridgehead atoms. The molecule has 0 aromatic carbocycles. The van der Waals surface area contributed by atoms with Crippen LogP contribution in [0.3, 0.4) is 0 Å². The van der Waals surface area contributed by atoms with E-state index in [4.69, 9.17) is 0 Å². The SMILES string of the molecule is CN(C)C([SiH2]C[Si](C)(C)C)N(C)C. The Morgan fingerprint density at radius 3 is 1.62 bits per heavy atom. The molecule has 0 aromatic rings. The van der Waals surface area contributed by atoms with Crippen LogP contribution in [0.25, 0.3) is 0 Å². The molecule has 0 aliphatic heterocycles. The third-order valence-corrected chi connectivity index (χ3v) is 11.5. The molecule has 0 atom stereocenters. The van der Waals surface area contributed by atoms with Gasteiger partial charge in [-0.2, -0.15) is 0 Å². The molecule has 0 saturated carbocycles. The maximum Gasteiger partial charge on any atom is 0.0565 e. The Hall–Kier alpha value is 0.354. The van der Waals surface area contributed by atoms with E-state index in [1.54, 1.807) is 5.67 Å². The average Bonchev–Trinajstić information content (AvgIpc) is 1.82. The van der Waals surface area contributed by atoms with Gasteiger partial charge in [0.2, 0.25) is 0 Å². The van der Waals surface area contributed by atoms with Gasteiger partial charge >= 0.3 is 0 Å². The summed E-state index contributed by atoms with van der Waals surface area (Å²) >= 11 is 0. The molecule has 0 heterocycles. The van der Waals surface area contributed by atoms with Crippen LogP contribution in [-0.4, -0.2) is 61.4 Å². The molecule has 0 aliphatic carbocycles.